The second kappa shape index (κ2) is 5.02. The number of sulfonamides is 1. The molecule has 1 heterocycles. The molecule has 2 unspecified atom stereocenters. The average Bonchev–Trinajstić information content (AvgIpc) is 2.04. The van der Waals surface area contributed by atoms with Crippen LogP contribution in [0.5, 0.6) is 0 Å². The van der Waals surface area contributed by atoms with Crippen LogP contribution in [0.3, 0.4) is 0 Å². The van der Waals surface area contributed by atoms with Gasteiger partial charge < -0.3 is 5.32 Å². The van der Waals surface area contributed by atoms with Gasteiger partial charge >= 0.3 is 0 Å². The first-order valence-electron chi connectivity index (χ1n) is 5.90. The maximum Gasteiger partial charge on any atom is 0.212 e. The van der Waals surface area contributed by atoms with Crippen molar-refractivity contribution >= 4 is 10.0 Å². The van der Waals surface area contributed by atoms with E-state index in [2.05, 4.69) is 17.0 Å². The zero-order valence-electron chi connectivity index (χ0n) is 10.7. The lowest BCUT2D eigenvalue weighted by atomic mass is 9.96. The van der Waals surface area contributed by atoms with Crippen LogP contribution in [0.15, 0.2) is 0 Å². The minimum atomic E-state index is -3.16. The fraction of sp³-hybridized carbons (Fsp3) is 1.00. The highest BCUT2D eigenvalue weighted by Crippen LogP contribution is 2.17. The summed E-state index contributed by atoms with van der Waals surface area (Å²) in [6.45, 7) is 9.65. The van der Waals surface area contributed by atoms with Crippen molar-refractivity contribution in [2.24, 2.45) is 11.3 Å². The van der Waals surface area contributed by atoms with Gasteiger partial charge in [0.05, 0.1) is 5.75 Å². The van der Waals surface area contributed by atoms with Gasteiger partial charge in [0.2, 0.25) is 10.0 Å². The lowest BCUT2D eigenvalue weighted by Crippen LogP contribution is -2.51. The Morgan fingerprint density at radius 1 is 1.38 bits per heavy atom. The zero-order chi connectivity index (χ0) is 12.4. The van der Waals surface area contributed by atoms with Crippen molar-refractivity contribution in [3.05, 3.63) is 0 Å². The summed E-state index contributed by atoms with van der Waals surface area (Å²) < 4.78 is 26.7. The van der Waals surface area contributed by atoms with Crippen LogP contribution in [0.1, 0.15) is 34.1 Å². The van der Waals surface area contributed by atoms with Crippen LogP contribution in [0.4, 0.5) is 0 Å². The van der Waals surface area contributed by atoms with E-state index in [0.29, 0.717) is 5.92 Å². The molecule has 16 heavy (non-hydrogen) atoms. The molecule has 4 nitrogen and oxygen atoms in total. The SMILES string of the molecule is CC1CCNCC1NS(=O)(=O)CC(C)(C)C. The molecular formula is C11H24N2O2S. The standard InChI is InChI=1S/C11H24N2O2S/c1-9-5-6-12-7-10(9)13-16(14,15)8-11(2,3)4/h9-10,12-13H,5-8H2,1-4H3. The van der Waals surface area contributed by atoms with Gasteiger partial charge in [0, 0.05) is 12.6 Å². The number of hydrogen-bond acceptors (Lipinski definition) is 3. The smallest absolute Gasteiger partial charge is 0.212 e. The van der Waals surface area contributed by atoms with Crippen molar-refractivity contribution in [1.82, 2.24) is 10.0 Å². The van der Waals surface area contributed by atoms with Crippen molar-refractivity contribution in [2.75, 3.05) is 18.8 Å². The molecule has 0 bridgehead atoms. The van der Waals surface area contributed by atoms with Crippen molar-refractivity contribution in [3.8, 4) is 0 Å². The maximum atomic E-state index is 11.9. The molecule has 1 aliphatic heterocycles. The third kappa shape index (κ3) is 4.80. The fourth-order valence-corrected chi connectivity index (χ4v) is 3.99. The van der Waals surface area contributed by atoms with Crippen LogP contribution in [0, 0.1) is 11.3 Å². The van der Waals surface area contributed by atoms with Crippen LogP contribution >= 0.6 is 0 Å². The van der Waals surface area contributed by atoms with E-state index >= 15 is 0 Å². The summed E-state index contributed by atoms with van der Waals surface area (Å²) >= 11 is 0. The molecule has 2 N–H and O–H groups in total. The molecule has 1 aliphatic rings. The molecule has 0 aromatic heterocycles. The first-order chi connectivity index (χ1) is 7.20. The molecule has 0 spiro atoms. The number of nitrogens with one attached hydrogen (secondary N) is 2. The van der Waals surface area contributed by atoms with Crippen molar-refractivity contribution < 1.29 is 8.42 Å². The molecule has 0 aromatic carbocycles. The van der Waals surface area contributed by atoms with E-state index in [1.807, 2.05) is 20.8 Å². The predicted octanol–water partition coefficient (Wildman–Crippen LogP) is 0.950. The second-order valence-corrected chi connectivity index (χ2v) is 7.77. The summed E-state index contributed by atoms with van der Waals surface area (Å²) in [6, 6.07) is 0.0427. The van der Waals surface area contributed by atoms with Crippen molar-refractivity contribution in [2.45, 2.75) is 40.2 Å². The molecule has 96 valence electrons. The molecule has 0 aliphatic carbocycles. The van der Waals surface area contributed by atoms with E-state index < -0.39 is 10.0 Å². The van der Waals surface area contributed by atoms with Crippen LogP contribution in [-0.2, 0) is 10.0 Å². The Morgan fingerprint density at radius 3 is 2.50 bits per heavy atom. The van der Waals surface area contributed by atoms with E-state index in [9.17, 15) is 8.42 Å². The molecule has 1 saturated heterocycles. The highest BCUT2D eigenvalue weighted by molar-refractivity contribution is 7.89. The van der Waals surface area contributed by atoms with Crippen LogP contribution in [0.2, 0.25) is 0 Å². The Labute approximate surface area is 99.2 Å². The lowest BCUT2D eigenvalue weighted by Gasteiger charge is -2.31. The third-order valence-electron chi connectivity index (χ3n) is 2.78. The van der Waals surface area contributed by atoms with Crippen molar-refractivity contribution in [1.29, 1.82) is 0 Å². The first-order valence-corrected chi connectivity index (χ1v) is 7.55. The largest absolute Gasteiger partial charge is 0.315 e. The van der Waals surface area contributed by atoms with Gasteiger partial charge in [-0.3, -0.25) is 0 Å². The molecule has 2 atom stereocenters. The highest BCUT2D eigenvalue weighted by Gasteiger charge is 2.28. The van der Waals surface area contributed by atoms with Gasteiger partial charge in [0.25, 0.3) is 0 Å². The number of hydrogen-bond donors (Lipinski definition) is 2. The summed E-state index contributed by atoms with van der Waals surface area (Å²) in [5.74, 6) is 0.597. The van der Waals surface area contributed by atoms with Gasteiger partial charge in [0.15, 0.2) is 0 Å². The molecule has 5 heteroatoms. The van der Waals surface area contributed by atoms with Gasteiger partial charge in [-0.1, -0.05) is 27.7 Å². The predicted molar refractivity (Wildman–Crippen MR) is 66.8 cm³/mol. The normalized spacial score (nSPS) is 28.0. The van der Waals surface area contributed by atoms with Crippen molar-refractivity contribution in [3.63, 3.8) is 0 Å². The van der Waals surface area contributed by atoms with E-state index in [0.717, 1.165) is 19.5 Å². The topological polar surface area (TPSA) is 58.2 Å². The maximum absolute atomic E-state index is 11.9. The Morgan fingerprint density at radius 2 is 2.00 bits per heavy atom. The fourth-order valence-electron chi connectivity index (χ4n) is 1.99. The second-order valence-electron chi connectivity index (χ2n) is 6.01. The quantitative estimate of drug-likeness (QED) is 0.782. The number of piperidine rings is 1. The van der Waals surface area contributed by atoms with E-state index in [-0.39, 0.29) is 17.2 Å². The monoisotopic (exact) mass is 248 g/mol. The Bertz CT molecular complexity index is 319. The third-order valence-corrected chi connectivity index (χ3v) is 4.69. The molecule has 1 fully saturated rings. The molecule has 0 amide bonds. The van der Waals surface area contributed by atoms with E-state index in [1.165, 1.54) is 0 Å². The van der Waals surface area contributed by atoms with Crippen LogP contribution in [-0.4, -0.2) is 33.3 Å². The molecule has 0 aromatic rings. The van der Waals surface area contributed by atoms with Gasteiger partial charge in [0.1, 0.15) is 0 Å². The molecule has 1 rings (SSSR count). The summed E-state index contributed by atoms with van der Waals surface area (Å²) in [7, 11) is -3.16. The van der Waals surface area contributed by atoms with E-state index in [1.54, 1.807) is 0 Å². The molecule has 0 radical (unpaired) electrons. The summed E-state index contributed by atoms with van der Waals surface area (Å²) in [5, 5.41) is 3.22. The summed E-state index contributed by atoms with van der Waals surface area (Å²) in [6.07, 6.45) is 1.03. The Kier molecular flexibility index (Phi) is 4.37. The van der Waals surface area contributed by atoms with Crippen LogP contribution in [0.25, 0.3) is 0 Å². The zero-order valence-corrected chi connectivity index (χ0v) is 11.5. The van der Waals surface area contributed by atoms with Gasteiger partial charge in [-0.2, -0.15) is 0 Å². The molecule has 0 saturated carbocycles. The van der Waals surface area contributed by atoms with Gasteiger partial charge in [-0.25, -0.2) is 13.1 Å². The Hall–Kier alpha value is -0.130. The average molecular weight is 248 g/mol. The minimum absolute atomic E-state index is 0.0427. The van der Waals surface area contributed by atoms with Gasteiger partial charge in [-0.15, -0.1) is 0 Å². The van der Waals surface area contributed by atoms with Crippen LogP contribution < -0.4 is 10.0 Å². The Balaban J connectivity index is 2.58. The molecular weight excluding hydrogens is 224 g/mol. The minimum Gasteiger partial charge on any atom is -0.315 e. The lowest BCUT2D eigenvalue weighted by molar-refractivity contribution is 0.325. The summed E-state index contributed by atoms with van der Waals surface area (Å²) in [4.78, 5) is 0. The van der Waals surface area contributed by atoms with Gasteiger partial charge in [-0.05, 0) is 24.3 Å². The number of rotatable bonds is 3. The highest BCUT2D eigenvalue weighted by atomic mass is 32.2. The van der Waals surface area contributed by atoms with E-state index in [4.69, 9.17) is 0 Å². The summed E-state index contributed by atoms with van der Waals surface area (Å²) in [5.41, 5.74) is -0.197. The first kappa shape index (κ1) is 13.9.